The highest BCUT2D eigenvalue weighted by Gasteiger charge is 2.45. The van der Waals surface area contributed by atoms with Crippen molar-refractivity contribution in [1.82, 2.24) is 10.2 Å². The van der Waals surface area contributed by atoms with Crippen molar-refractivity contribution >= 4 is 40.9 Å². The molecule has 1 saturated heterocycles. The minimum atomic E-state index is -1.06. The van der Waals surface area contributed by atoms with Crippen LogP contribution >= 0.6 is 0 Å². The van der Waals surface area contributed by atoms with Crippen molar-refractivity contribution in [2.24, 2.45) is 0 Å². The molecule has 12 nitrogen and oxygen atoms in total. The highest BCUT2D eigenvalue weighted by Crippen LogP contribution is 2.32. The minimum Gasteiger partial charge on any atom is -0.489 e. The lowest BCUT2D eigenvalue weighted by Gasteiger charge is -2.27. The number of amides is 5. The van der Waals surface area contributed by atoms with E-state index < -0.39 is 29.7 Å². The Balaban J connectivity index is 1.10. The molecular formula is C29H34N4O8. The number of rotatable bonds is 15. The molecule has 2 heterocycles. The van der Waals surface area contributed by atoms with Crippen LogP contribution in [0.4, 0.5) is 11.4 Å². The molecule has 5 amide bonds. The second-order valence-corrected chi connectivity index (χ2v) is 9.65. The zero-order chi connectivity index (χ0) is 29.2. The molecule has 0 aliphatic carbocycles. The predicted molar refractivity (Wildman–Crippen MR) is 148 cm³/mol. The smallest absolute Gasteiger partial charge is 0.264 e. The molecule has 12 heteroatoms. The number of hydrogen-bond acceptors (Lipinski definition) is 9. The molecular weight excluding hydrogens is 532 g/mol. The molecule has 4 rings (SSSR count). The molecule has 0 saturated carbocycles. The van der Waals surface area contributed by atoms with Gasteiger partial charge < -0.3 is 25.3 Å². The van der Waals surface area contributed by atoms with Crippen LogP contribution in [0.15, 0.2) is 42.5 Å². The van der Waals surface area contributed by atoms with Gasteiger partial charge in [0.25, 0.3) is 11.8 Å². The first-order valence-electron chi connectivity index (χ1n) is 13.6. The van der Waals surface area contributed by atoms with Crippen molar-refractivity contribution in [2.75, 3.05) is 44.1 Å². The molecule has 2 aromatic rings. The van der Waals surface area contributed by atoms with Gasteiger partial charge in [-0.15, -0.1) is 0 Å². The summed E-state index contributed by atoms with van der Waals surface area (Å²) < 4.78 is 16.6. The van der Waals surface area contributed by atoms with Crippen molar-refractivity contribution in [2.45, 2.75) is 44.6 Å². The van der Waals surface area contributed by atoms with Crippen LogP contribution in [0.25, 0.3) is 0 Å². The SMILES string of the molecule is Nc1ccccc1OCCOCCOCCCCCC(=O)Nc1cccc2c1C(=O)N(C1CCC(=O)NC1=O)C2=O. The number of piperidine rings is 1. The third-order valence-electron chi connectivity index (χ3n) is 6.71. The minimum absolute atomic E-state index is 0.0348. The van der Waals surface area contributed by atoms with Crippen molar-refractivity contribution in [1.29, 1.82) is 0 Å². The first-order valence-corrected chi connectivity index (χ1v) is 13.6. The topological polar surface area (TPSA) is 166 Å². The third kappa shape index (κ3) is 7.68. The first kappa shape index (κ1) is 29.7. The second kappa shape index (κ2) is 14.4. The van der Waals surface area contributed by atoms with Crippen LogP contribution in [-0.4, -0.2) is 73.5 Å². The summed E-state index contributed by atoms with van der Waals surface area (Å²) in [6.45, 7) is 2.26. The second-order valence-electron chi connectivity index (χ2n) is 9.65. The summed E-state index contributed by atoms with van der Waals surface area (Å²) >= 11 is 0. The van der Waals surface area contributed by atoms with Crippen LogP contribution in [0.2, 0.25) is 0 Å². The van der Waals surface area contributed by atoms with Gasteiger partial charge in [0.05, 0.1) is 42.3 Å². The number of nitrogens with zero attached hydrogens (tertiary/aromatic N) is 1. The Morgan fingerprint density at radius 3 is 2.44 bits per heavy atom. The van der Waals surface area contributed by atoms with E-state index in [2.05, 4.69) is 10.6 Å². The highest BCUT2D eigenvalue weighted by molar-refractivity contribution is 6.26. The zero-order valence-electron chi connectivity index (χ0n) is 22.7. The van der Waals surface area contributed by atoms with Gasteiger partial charge in [0.15, 0.2) is 0 Å². The van der Waals surface area contributed by atoms with Gasteiger partial charge in [-0.3, -0.25) is 34.2 Å². The van der Waals surface area contributed by atoms with Crippen LogP contribution in [-0.2, 0) is 23.9 Å². The molecule has 1 fully saturated rings. The molecule has 4 N–H and O–H groups in total. The molecule has 2 aromatic carbocycles. The number of nitrogens with one attached hydrogen (secondary N) is 2. The Morgan fingerprint density at radius 2 is 1.66 bits per heavy atom. The number of para-hydroxylation sites is 2. The Bertz CT molecular complexity index is 1300. The number of fused-ring (bicyclic) bond motifs is 1. The number of nitrogen functional groups attached to an aromatic ring is 1. The number of benzene rings is 2. The molecule has 2 aliphatic heterocycles. The van der Waals surface area contributed by atoms with Gasteiger partial charge in [0, 0.05) is 19.4 Å². The van der Waals surface area contributed by atoms with E-state index >= 15 is 0 Å². The number of anilines is 2. The number of nitrogens with two attached hydrogens (primary N) is 1. The van der Waals surface area contributed by atoms with Gasteiger partial charge in [0.1, 0.15) is 18.4 Å². The molecule has 0 bridgehead atoms. The van der Waals surface area contributed by atoms with Gasteiger partial charge in [-0.25, -0.2) is 0 Å². The maximum Gasteiger partial charge on any atom is 0.264 e. The van der Waals surface area contributed by atoms with E-state index in [1.165, 1.54) is 6.07 Å². The summed E-state index contributed by atoms with van der Waals surface area (Å²) in [6.07, 6.45) is 2.50. The van der Waals surface area contributed by atoms with Crippen LogP contribution < -0.4 is 21.1 Å². The third-order valence-corrected chi connectivity index (χ3v) is 6.71. The van der Waals surface area contributed by atoms with Gasteiger partial charge >= 0.3 is 0 Å². The number of unbranched alkanes of at least 4 members (excludes halogenated alkanes) is 2. The zero-order valence-corrected chi connectivity index (χ0v) is 22.7. The molecule has 218 valence electrons. The van der Waals surface area contributed by atoms with Crippen molar-refractivity contribution in [3.05, 3.63) is 53.6 Å². The molecule has 0 radical (unpaired) electrons. The number of imide groups is 2. The quantitative estimate of drug-likeness (QED) is 0.166. The molecule has 0 spiro atoms. The van der Waals surface area contributed by atoms with Gasteiger partial charge in [0.2, 0.25) is 17.7 Å². The Kier molecular flexibility index (Phi) is 10.4. The van der Waals surface area contributed by atoms with Gasteiger partial charge in [-0.2, -0.15) is 0 Å². The number of carbonyl (C=O) groups is 5. The van der Waals surface area contributed by atoms with Crippen LogP contribution in [0.1, 0.15) is 59.2 Å². The van der Waals surface area contributed by atoms with E-state index in [0.717, 1.165) is 17.7 Å². The lowest BCUT2D eigenvalue weighted by Crippen LogP contribution is -2.54. The maximum atomic E-state index is 13.1. The van der Waals surface area contributed by atoms with E-state index in [4.69, 9.17) is 19.9 Å². The Morgan fingerprint density at radius 1 is 0.902 bits per heavy atom. The fraction of sp³-hybridized carbons (Fsp3) is 0.414. The first-order chi connectivity index (χ1) is 19.9. The van der Waals surface area contributed by atoms with E-state index in [0.29, 0.717) is 50.9 Å². The lowest BCUT2D eigenvalue weighted by molar-refractivity contribution is -0.136. The van der Waals surface area contributed by atoms with Crippen molar-refractivity contribution in [3.63, 3.8) is 0 Å². The van der Waals surface area contributed by atoms with Gasteiger partial charge in [-0.05, 0) is 43.5 Å². The summed E-state index contributed by atoms with van der Waals surface area (Å²) in [5.41, 5.74) is 6.80. The molecule has 1 unspecified atom stereocenters. The van der Waals surface area contributed by atoms with Crippen LogP contribution in [0, 0.1) is 0 Å². The largest absolute Gasteiger partial charge is 0.489 e. The average molecular weight is 567 g/mol. The molecule has 1 atom stereocenters. The van der Waals surface area contributed by atoms with Crippen LogP contribution in [0.5, 0.6) is 5.75 Å². The highest BCUT2D eigenvalue weighted by atomic mass is 16.5. The molecule has 2 aliphatic rings. The van der Waals surface area contributed by atoms with E-state index in [1.54, 1.807) is 24.3 Å². The number of hydrogen-bond donors (Lipinski definition) is 3. The average Bonchev–Trinajstić information content (AvgIpc) is 3.20. The van der Waals surface area contributed by atoms with E-state index in [9.17, 15) is 24.0 Å². The fourth-order valence-electron chi connectivity index (χ4n) is 4.64. The van der Waals surface area contributed by atoms with E-state index in [1.807, 2.05) is 12.1 Å². The monoisotopic (exact) mass is 566 g/mol. The summed E-state index contributed by atoms with van der Waals surface area (Å²) in [5, 5.41) is 4.89. The maximum absolute atomic E-state index is 13.1. The lowest BCUT2D eigenvalue weighted by atomic mass is 10.0. The predicted octanol–water partition coefficient (Wildman–Crippen LogP) is 2.28. The Labute approximate surface area is 237 Å². The normalized spacial score (nSPS) is 16.5. The van der Waals surface area contributed by atoms with Crippen molar-refractivity contribution < 1.29 is 38.2 Å². The number of carbonyl (C=O) groups excluding carboxylic acids is 5. The standard InChI is InChI=1S/C29H34N4O8/c30-20-8-3-4-10-23(20)41-18-17-40-16-15-39-14-5-1-2-11-24(34)31-21-9-6-7-19-26(21)29(38)33(28(19)37)22-12-13-25(35)32-27(22)36/h3-4,6-10,22H,1-2,5,11-18,30H2,(H,31,34)(H,32,35,36). The van der Waals surface area contributed by atoms with E-state index in [-0.39, 0.29) is 42.0 Å². The summed E-state index contributed by atoms with van der Waals surface area (Å²) in [5.74, 6) is -2.06. The van der Waals surface area contributed by atoms with Crippen molar-refractivity contribution in [3.8, 4) is 5.75 Å². The summed E-state index contributed by atoms with van der Waals surface area (Å²) in [4.78, 5) is 63.2. The fourth-order valence-corrected chi connectivity index (χ4v) is 4.64. The Hall–Kier alpha value is -4.29. The summed E-state index contributed by atoms with van der Waals surface area (Å²) in [7, 11) is 0. The number of ether oxygens (including phenoxy) is 3. The van der Waals surface area contributed by atoms with Crippen LogP contribution in [0.3, 0.4) is 0 Å². The van der Waals surface area contributed by atoms with Gasteiger partial charge in [-0.1, -0.05) is 24.6 Å². The molecule has 41 heavy (non-hydrogen) atoms. The molecule has 0 aromatic heterocycles. The summed E-state index contributed by atoms with van der Waals surface area (Å²) in [6, 6.07) is 10.8.